The van der Waals surface area contributed by atoms with Crippen LogP contribution in [0.25, 0.3) is 0 Å². The van der Waals surface area contributed by atoms with E-state index in [1.165, 1.54) is 159 Å². The van der Waals surface area contributed by atoms with E-state index in [-0.39, 0.29) is 26.1 Å². The minimum absolute atomic E-state index is 0.262. The van der Waals surface area contributed by atoms with Crippen molar-refractivity contribution >= 4 is 19.5 Å². The number of hydrogen-bond donors (Lipinski definition) is 2. The molecule has 53 heavy (non-hydrogen) atoms. The SMILES string of the molecule is CCCCCCCCCCCCCCCCCC(=O)OCC(COC(=O)CCCCCCCCCCCCCCCCC)OP(=O)(O)C(CO)N(C)C. The molecule has 0 amide bonds. The van der Waals surface area contributed by atoms with Gasteiger partial charge in [-0.2, -0.15) is 0 Å². The van der Waals surface area contributed by atoms with Crippen LogP contribution < -0.4 is 0 Å². The molecule has 0 aliphatic carbocycles. The lowest BCUT2D eigenvalue weighted by atomic mass is 10.0. The fraction of sp³-hybridized carbons (Fsp3) is 0.953. The molecule has 316 valence electrons. The van der Waals surface area contributed by atoms with Gasteiger partial charge in [-0.25, -0.2) is 0 Å². The van der Waals surface area contributed by atoms with Gasteiger partial charge in [0.2, 0.25) is 0 Å². The Balaban J connectivity index is 4.25. The van der Waals surface area contributed by atoms with E-state index in [0.717, 1.165) is 38.5 Å². The number of unbranched alkanes of at least 4 members (excludes halogenated alkanes) is 28. The molecule has 2 unspecified atom stereocenters. The summed E-state index contributed by atoms with van der Waals surface area (Å²) < 4.78 is 29.3. The van der Waals surface area contributed by atoms with Crippen molar-refractivity contribution in [3.05, 3.63) is 0 Å². The van der Waals surface area contributed by atoms with E-state index < -0.39 is 38.0 Å². The largest absolute Gasteiger partial charge is 0.463 e. The topological polar surface area (TPSA) is 123 Å². The third-order valence-electron chi connectivity index (χ3n) is 10.3. The molecule has 0 saturated carbocycles. The zero-order chi connectivity index (χ0) is 39.3. The Labute approximate surface area is 327 Å². The molecule has 9 nitrogen and oxygen atoms in total. The summed E-state index contributed by atoms with van der Waals surface area (Å²) in [6.07, 6.45) is 36.7. The molecule has 2 N–H and O–H groups in total. The van der Waals surface area contributed by atoms with Crippen LogP contribution in [0.15, 0.2) is 0 Å². The highest BCUT2D eigenvalue weighted by Crippen LogP contribution is 2.49. The molecule has 0 aromatic heterocycles. The highest BCUT2D eigenvalue weighted by atomic mass is 31.2. The van der Waals surface area contributed by atoms with Gasteiger partial charge in [-0.1, -0.05) is 194 Å². The van der Waals surface area contributed by atoms with Crippen molar-refractivity contribution in [2.75, 3.05) is 33.9 Å². The number of likely N-dealkylation sites (N-methyl/N-ethyl adjacent to an activating group) is 1. The maximum Gasteiger partial charge on any atom is 0.347 e. The van der Waals surface area contributed by atoms with Gasteiger partial charge in [0.15, 0.2) is 0 Å². The quantitative estimate of drug-likeness (QED) is 0.0355. The molecule has 0 spiro atoms. The predicted molar refractivity (Wildman–Crippen MR) is 220 cm³/mol. The molecule has 0 aromatic carbocycles. The average Bonchev–Trinajstić information content (AvgIpc) is 3.12. The summed E-state index contributed by atoms with van der Waals surface area (Å²) in [5.74, 6) is -1.97. The molecular weight excluding hydrogens is 689 g/mol. The first-order valence-electron chi connectivity index (χ1n) is 22.3. The van der Waals surface area contributed by atoms with Gasteiger partial charge in [-0.3, -0.25) is 23.6 Å². The Kier molecular flexibility index (Phi) is 37.2. The van der Waals surface area contributed by atoms with Crippen LogP contribution in [-0.4, -0.2) is 72.6 Å². The van der Waals surface area contributed by atoms with Gasteiger partial charge >= 0.3 is 19.5 Å². The molecule has 0 aliphatic heterocycles. The summed E-state index contributed by atoms with van der Waals surface area (Å²) in [4.78, 5) is 37.0. The van der Waals surface area contributed by atoms with Gasteiger partial charge in [-0.15, -0.1) is 0 Å². The molecule has 0 radical (unpaired) electrons. The second-order valence-electron chi connectivity index (χ2n) is 15.7. The maximum atomic E-state index is 13.0. The van der Waals surface area contributed by atoms with Crippen LogP contribution in [0.3, 0.4) is 0 Å². The first-order valence-corrected chi connectivity index (χ1v) is 23.9. The molecule has 0 bridgehead atoms. The van der Waals surface area contributed by atoms with E-state index in [9.17, 15) is 24.2 Å². The zero-order valence-corrected chi connectivity index (χ0v) is 36.0. The van der Waals surface area contributed by atoms with Crippen LogP contribution in [0.5, 0.6) is 0 Å². The van der Waals surface area contributed by atoms with Gasteiger partial charge in [-0.05, 0) is 26.9 Å². The number of aliphatic hydroxyl groups is 1. The van der Waals surface area contributed by atoms with Crippen LogP contribution in [0, 0.1) is 0 Å². The van der Waals surface area contributed by atoms with Crippen LogP contribution >= 0.6 is 7.60 Å². The number of rotatable bonds is 41. The van der Waals surface area contributed by atoms with Gasteiger partial charge in [0.1, 0.15) is 25.1 Å². The van der Waals surface area contributed by atoms with Crippen molar-refractivity contribution in [1.29, 1.82) is 0 Å². The third-order valence-corrected chi connectivity index (χ3v) is 12.2. The van der Waals surface area contributed by atoms with Gasteiger partial charge in [0.05, 0.1) is 6.61 Å². The monoisotopic (exact) mass is 776 g/mol. The lowest BCUT2D eigenvalue weighted by Gasteiger charge is -2.29. The van der Waals surface area contributed by atoms with E-state index >= 15 is 0 Å². The van der Waals surface area contributed by atoms with Gasteiger partial charge in [0.25, 0.3) is 0 Å². The Morgan fingerprint density at radius 2 is 0.774 bits per heavy atom. The Morgan fingerprint density at radius 1 is 0.509 bits per heavy atom. The Hall–Kier alpha value is -0.990. The Bertz CT molecular complexity index is 823. The molecule has 0 saturated heterocycles. The lowest BCUT2D eigenvalue weighted by molar-refractivity contribution is -0.151. The number of hydrogen-bond acceptors (Lipinski definition) is 8. The summed E-state index contributed by atoms with van der Waals surface area (Å²) in [5.41, 5.74) is 0. The first kappa shape index (κ1) is 52.0. The van der Waals surface area contributed by atoms with Crippen molar-refractivity contribution in [2.24, 2.45) is 0 Å². The van der Waals surface area contributed by atoms with E-state index in [1.54, 1.807) is 14.1 Å². The van der Waals surface area contributed by atoms with Crippen molar-refractivity contribution in [3.63, 3.8) is 0 Å². The molecule has 0 rings (SSSR count). The van der Waals surface area contributed by atoms with Crippen LogP contribution in [0.4, 0.5) is 0 Å². The summed E-state index contributed by atoms with van der Waals surface area (Å²) in [5, 5.41) is 9.68. The molecule has 0 aliphatic rings. The maximum absolute atomic E-state index is 13.0. The molecule has 0 heterocycles. The summed E-state index contributed by atoms with van der Waals surface area (Å²) in [7, 11) is -1.22. The molecule has 2 atom stereocenters. The van der Waals surface area contributed by atoms with E-state index in [4.69, 9.17) is 14.0 Å². The molecular formula is C43H86NO8P. The van der Waals surface area contributed by atoms with Crippen LogP contribution in [0.1, 0.15) is 219 Å². The second-order valence-corrected chi connectivity index (χ2v) is 17.6. The highest BCUT2D eigenvalue weighted by molar-refractivity contribution is 7.53. The fourth-order valence-corrected chi connectivity index (χ4v) is 8.23. The van der Waals surface area contributed by atoms with E-state index in [0.29, 0.717) is 0 Å². The number of aliphatic hydroxyl groups excluding tert-OH is 1. The number of carbonyl (C=O) groups excluding carboxylic acids is 2. The predicted octanol–water partition coefficient (Wildman–Crippen LogP) is 12.0. The number of carbonyl (C=O) groups is 2. The van der Waals surface area contributed by atoms with Crippen molar-refractivity contribution in [2.45, 2.75) is 231 Å². The minimum Gasteiger partial charge on any atom is -0.463 e. The van der Waals surface area contributed by atoms with Crippen LogP contribution in [-0.2, 0) is 28.2 Å². The highest BCUT2D eigenvalue weighted by Gasteiger charge is 2.37. The van der Waals surface area contributed by atoms with Gasteiger partial charge in [0, 0.05) is 12.8 Å². The number of nitrogens with zero attached hydrogens (tertiary/aromatic N) is 1. The first-order chi connectivity index (χ1) is 25.7. The summed E-state index contributed by atoms with van der Waals surface area (Å²) in [6.45, 7) is 3.31. The van der Waals surface area contributed by atoms with E-state index in [1.807, 2.05) is 0 Å². The van der Waals surface area contributed by atoms with Crippen molar-refractivity contribution in [3.8, 4) is 0 Å². The lowest BCUT2D eigenvalue weighted by Crippen LogP contribution is -2.35. The molecule has 0 aromatic rings. The van der Waals surface area contributed by atoms with Gasteiger partial charge < -0.3 is 19.5 Å². The average molecular weight is 776 g/mol. The Morgan fingerprint density at radius 3 is 1.02 bits per heavy atom. The van der Waals surface area contributed by atoms with Crippen LogP contribution in [0.2, 0.25) is 0 Å². The zero-order valence-electron chi connectivity index (χ0n) is 35.1. The molecule has 10 heteroatoms. The summed E-state index contributed by atoms with van der Waals surface area (Å²) >= 11 is 0. The molecule has 0 fully saturated rings. The minimum atomic E-state index is -4.35. The third kappa shape index (κ3) is 34.0. The summed E-state index contributed by atoms with van der Waals surface area (Å²) in [6, 6.07) is 0. The van der Waals surface area contributed by atoms with Crippen molar-refractivity contribution < 1.29 is 38.2 Å². The number of esters is 2. The van der Waals surface area contributed by atoms with E-state index in [2.05, 4.69) is 13.8 Å². The number of ether oxygens (including phenoxy) is 2. The van der Waals surface area contributed by atoms with Crippen molar-refractivity contribution in [1.82, 2.24) is 4.90 Å². The second kappa shape index (κ2) is 37.9. The standard InChI is InChI=1S/C43H86NO8P/c1-5-7-9-11-13-15-17-19-21-23-25-27-29-31-33-35-42(46)50-38-40(52-53(48,49)41(37-45)44(3)4)39-51-43(47)36-34-32-30-28-26-24-22-20-18-16-14-12-10-8-6-2/h40-41,45H,5-39H2,1-4H3,(H,48,49). The smallest absolute Gasteiger partial charge is 0.347 e. The fourth-order valence-electron chi connectivity index (χ4n) is 6.75. The normalized spacial score (nSPS) is 13.4.